The van der Waals surface area contributed by atoms with Gasteiger partial charge in [0.25, 0.3) is 0 Å². The summed E-state index contributed by atoms with van der Waals surface area (Å²) >= 11 is 0. The summed E-state index contributed by atoms with van der Waals surface area (Å²) in [5, 5.41) is 20.9. The van der Waals surface area contributed by atoms with Crippen LogP contribution in [-0.4, -0.2) is 42.9 Å². The number of hydrogen-bond acceptors (Lipinski definition) is 5. The molecule has 0 bridgehead atoms. The van der Waals surface area contributed by atoms with E-state index in [0.29, 0.717) is 5.56 Å². The maximum atomic E-state index is 14.2. The fourth-order valence-corrected chi connectivity index (χ4v) is 2.72. The summed E-state index contributed by atoms with van der Waals surface area (Å²) in [5.41, 5.74) is -1.62. The molecule has 0 aliphatic carbocycles. The van der Waals surface area contributed by atoms with Gasteiger partial charge in [-0.05, 0) is 22.9 Å². The van der Waals surface area contributed by atoms with Crippen LogP contribution in [0.25, 0.3) is 11.1 Å². The highest BCUT2D eigenvalue weighted by Crippen LogP contribution is 2.46. The molecule has 0 atom stereocenters. The molecule has 0 aromatic heterocycles. The lowest BCUT2D eigenvalue weighted by molar-refractivity contribution is -0.134. The Labute approximate surface area is 152 Å². The van der Waals surface area contributed by atoms with E-state index in [0.717, 1.165) is 6.07 Å². The Kier molecular flexibility index (Phi) is 6.86. The van der Waals surface area contributed by atoms with Gasteiger partial charge < -0.3 is 15.1 Å². The van der Waals surface area contributed by atoms with Crippen molar-refractivity contribution < 1.29 is 27.8 Å². The standard InChI is InChI=1S/C18H18F4N2O3/c19-17(20)18(21,22)15-11-13(24(6-8-25)7-9-26)10-14(16(15)23-27)12-4-2-1-3-5-12/h1-5,10-11,17,25-26H,6-9H2. The van der Waals surface area contributed by atoms with Gasteiger partial charge in [0.1, 0.15) is 5.69 Å². The minimum Gasteiger partial charge on any atom is -0.395 e. The summed E-state index contributed by atoms with van der Waals surface area (Å²) in [7, 11) is 0. The van der Waals surface area contributed by atoms with Crippen LogP contribution in [0.15, 0.2) is 47.6 Å². The topological polar surface area (TPSA) is 73.1 Å². The molecular formula is C18H18F4N2O3. The normalized spacial score (nSPS) is 11.7. The molecule has 2 aromatic rings. The van der Waals surface area contributed by atoms with Gasteiger partial charge in [0.2, 0.25) is 0 Å². The number of nitroso groups, excluding NO2 is 1. The van der Waals surface area contributed by atoms with Crippen molar-refractivity contribution in [2.45, 2.75) is 12.3 Å². The van der Waals surface area contributed by atoms with Crippen molar-refractivity contribution in [3.8, 4) is 11.1 Å². The van der Waals surface area contributed by atoms with Crippen LogP contribution >= 0.6 is 0 Å². The lowest BCUT2D eigenvalue weighted by Gasteiger charge is -2.27. The Morgan fingerprint density at radius 3 is 2.11 bits per heavy atom. The van der Waals surface area contributed by atoms with Gasteiger partial charge in [-0.25, -0.2) is 8.78 Å². The lowest BCUT2D eigenvalue weighted by Crippen LogP contribution is -2.30. The predicted octanol–water partition coefficient (Wildman–Crippen LogP) is 3.90. The molecule has 5 nitrogen and oxygen atoms in total. The van der Waals surface area contributed by atoms with Crippen LogP contribution in [0.3, 0.4) is 0 Å². The van der Waals surface area contributed by atoms with E-state index in [2.05, 4.69) is 5.18 Å². The summed E-state index contributed by atoms with van der Waals surface area (Å²) in [6.07, 6.45) is -4.04. The van der Waals surface area contributed by atoms with Crippen LogP contribution in [-0.2, 0) is 5.92 Å². The second kappa shape index (κ2) is 8.92. The van der Waals surface area contributed by atoms with Crippen LogP contribution in [0.5, 0.6) is 0 Å². The number of alkyl halides is 4. The van der Waals surface area contributed by atoms with E-state index in [1.54, 1.807) is 18.2 Å². The maximum Gasteiger partial charge on any atom is 0.334 e. The molecule has 0 saturated carbocycles. The third-order valence-electron chi connectivity index (χ3n) is 4.01. The van der Waals surface area contributed by atoms with E-state index in [1.807, 2.05) is 0 Å². The molecule has 0 aliphatic heterocycles. The van der Waals surface area contributed by atoms with E-state index >= 15 is 0 Å². The highest BCUT2D eigenvalue weighted by atomic mass is 19.3. The molecule has 27 heavy (non-hydrogen) atoms. The Morgan fingerprint density at radius 1 is 1.04 bits per heavy atom. The predicted molar refractivity (Wildman–Crippen MR) is 93.6 cm³/mol. The molecule has 0 radical (unpaired) electrons. The number of rotatable bonds is 9. The number of nitrogens with zero attached hydrogens (tertiary/aromatic N) is 2. The summed E-state index contributed by atoms with van der Waals surface area (Å²) in [4.78, 5) is 12.7. The molecule has 2 N–H and O–H groups in total. The fraction of sp³-hybridized carbons (Fsp3) is 0.333. The molecule has 0 fully saturated rings. The first kappa shape index (κ1) is 20.8. The zero-order valence-corrected chi connectivity index (χ0v) is 14.2. The quantitative estimate of drug-likeness (QED) is 0.506. The Bertz CT molecular complexity index is 767. The van der Waals surface area contributed by atoms with E-state index in [-0.39, 0.29) is 37.6 Å². The van der Waals surface area contributed by atoms with Crippen molar-refractivity contribution in [2.75, 3.05) is 31.2 Å². The molecule has 0 saturated heterocycles. The van der Waals surface area contributed by atoms with Crippen LogP contribution in [0.4, 0.5) is 28.9 Å². The van der Waals surface area contributed by atoms with E-state index in [9.17, 15) is 22.5 Å². The van der Waals surface area contributed by atoms with Gasteiger partial charge in [-0.2, -0.15) is 8.78 Å². The van der Waals surface area contributed by atoms with Gasteiger partial charge in [-0.3, -0.25) is 0 Å². The average Bonchev–Trinajstić information content (AvgIpc) is 2.67. The fourth-order valence-electron chi connectivity index (χ4n) is 2.72. The lowest BCUT2D eigenvalue weighted by atomic mass is 9.95. The van der Waals surface area contributed by atoms with Crippen LogP contribution in [0, 0.1) is 4.91 Å². The largest absolute Gasteiger partial charge is 0.395 e. The third kappa shape index (κ3) is 4.42. The van der Waals surface area contributed by atoms with Gasteiger partial charge in [0.05, 0.1) is 18.8 Å². The van der Waals surface area contributed by atoms with Gasteiger partial charge in [-0.1, -0.05) is 30.3 Å². The Hall–Kier alpha value is -2.52. The molecule has 0 spiro atoms. The van der Waals surface area contributed by atoms with Crippen molar-refractivity contribution >= 4 is 11.4 Å². The van der Waals surface area contributed by atoms with Crippen molar-refractivity contribution in [2.24, 2.45) is 5.18 Å². The maximum absolute atomic E-state index is 14.2. The smallest absolute Gasteiger partial charge is 0.334 e. The first-order valence-electron chi connectivity index (χ1n) is 8.06. The molecule has 2 rings (SSSR count). The number of anilines is 1. The first-order chi connectivity index (χ1) is 12.9. The molecular weight excluding hydrogens is 368 g/mol. The van der Waals surface area contributed by atoms with E-state index < -0.39 is 23.6 Å². The second-order valence-electron chi connectivity index (χ2n) is 5.70. The summed E-state index contributed by atoms with van der Waals surface area (Å²) in [5.74, 6) is -4.60. The van der Waals surface area contributed by atoms with Gasteiger partial charge in [0, 0.05) is 24.3 Å². The molecule has 9 heteroatoms. The SMILES string of the molecule is O=Nc1c(-c2ccccc2)cc(N(CCO)CCO)cc1C(F)(F)C(F)F. The molecule has 0 heterocycles. The van der Waals surface area contributed by atoms with Crippen LogP contribution < -0.4 is 4.90 Å². The highest BCUT2D eigenvalue weighted by molar-refractivity contribution is 5.82. The number of hydrogen-bond donors (Lipinski definition) is 2. The highest BCUT2D eigenvalue weighted by Gasteiger charge is 2.46. The summed E-state index contributed by atoms with van der Waals surface area (Å²) in [6.45, 7) is -0.755. The van der Waals surface area contributed by atoms with Crippen LogP contribution in [0.2, 0.25) is 0 Å². The Morgan fingerprint density at radius 2 is 1.63 bits per heavy atom. The summed E-state index contributed by atoms with van der Waals surface area (Å²) in [6, 6.07) is 10.0. The molecule has 0 aliphatic rings. The first-order valence-corrected chi connectivity index (χ1v) is 8.06. The zero-order valence-electron chi connectivity index (χ0n) is 14.2. The van der Waals surface area contributed by atoms with Crippen molar-refractivity contribution in [1.29, 1.82) is 0 Å². The van der Waals surface area contributed by atoms with E-state index in [4.69, 9.17) is 10.2 Å². The van der Waals surface area contributed by atoms with Gasteiger partial charge in [0.15, 0.2) is 0 Å². The second-order valence-corrected chi connectivity index (χ2v) is 5.70. The minimum atomic E-state index is -4.60. The number of aliphatic hydroxyl groups excluding tert-OH is 2. The third-order valence-corrected chi connectivity index (χ3v) is 4.01. The number of aliphatic hydroxyl groups is 2. The van der Waals surface area contributed by atoms with E-state index in [1.165, 1.54) is 23.1 Å². The Balaban J connectivity index is 2.78. The van der Waals surface area contributed by atoms with Crippen molar-refractivity contribution in [1.82, 2.24) is 0 Å². The van der Waals surface area contributed by atoms with Crippen molar-refractivity contribution in [3.63, 3.8) is 0 Å². The molecule has 2 aromatic carbocycles. The monoisotopic (exact) mass is 386 g/mol. The molecule has 0 unspecified atom stereocenters. The van der Waals surface area contributed by atoms with Crippen LogP contribution in [0.1, 0.15) is 5.56 Å². The average molecular weight is 386 g/mol. The van der Waals surface area contributed by atoms with Gasteiger partial charge in [-0.15, -0.1) is 4.91 Å². The number of halogens is 4. The number of benzene rings is 2. The zero-order chi connectivity index (χ0) is 20.0. The summed E-state index contributed by atoms with van der Waals surface area (Å²) < 4.78 is 54.3. The minimum absolute atomic E-state index is 0.0255. The van der Waals surface area contributed by atoms with Crippen molar-refractivity contribution in [3.05, 3.63) is 52.9 Å². The molecule has 0 amide bonds. The molecule has 146 valence electrons. The van der Waals surface area contributed by atoms with Gasteiger partial charge >= 0.3 is 12.3 Å².